The average molecular weight is 291 g/mol. The number of halogens is 4. The van der Waals surface area contributed by atoms with Crippen molar-refractivity contribution in [3.05, 3.63) is 46.7 Å². The summed E-state index contributed by atoms with van der Waals surface area (Å²) in [4.78, 5) is 10.9. The van der Waals surface area contributed by atoms with Crippen molar-refractivity contribution in [3.8, 4) is 5.69 Å². The number of hydrogen-bond donors (Lipinski definition) is 1. The van der Waals surface area contributed by atoms with Gasteiger partial charge in [-0.2, -0.15) is 18.3 Å². The highest BCUT2D eigenvalue weighted by Crippen LogP contribution is 2.29. The summed E-state index contributed by atoms with van der Waals surface area (Å²) in [5, 5.41) is 12.6. The number of nitrogens with zero attached hydrogens (tertiary/aromatic N) is 2. The highest BCUT2D eigenvalue weighted by molar-refractivity contribution is 6.30. The van der Waals surface area contributed by atoms with E-state index in [9.17, 15) is 18.0 Å². The van der Waals surface area contributed by atoms with Crippen molar-refractivity contribution in [2.75, 3.05) is 0 Å². The highest BCUT2D eigenvalue weighted by Gasteiger charge is 2.36. The molecule has 4 nitrogen and oxygen atoms in total. The molecule has 1 aromatic heterocycles. The zero-order valence-corrected chi connectivity index (χ0v) is 9.90. The second-order valence-electron chi connectivity index (χ2n) is 3.61. The topological polar surface area (TPSA) is 55.1 Å². The van der Waals surface area contributed by atoms with Gasteiger partial charge in [-0.15, -0.1) is 0 Å². The van der Waals surface area contributed by atoms with E-state index in [1.54, 1.807) is 0 Å². The number of aromatic nitrogens is 2. The zero-order valence-electron chi connectivity index (χ0n) is 9.15. The number of benzene rings is 1. The molecule has 0 fully saturated rings. The summed E-state index contributed by atoms with van der Waals surface area (Å²) in [6.45, 7) is 0. The Kier molecular flexibility index (Phi) is 3.23. The molecule has 1 N–H and O–H groups in total. The predicted octanol–water partition coefficient (Wildman–Crippen LogP) is 3.24. The summed E-state index contributed by atoms with van der Waals surface area (Å²) in [5.74, 6) is -1.50. The lowest BCUT2D eigenvalue weighted by molar-refractivity contribution is -0.141. The highest BCUT2D eigenvalue weighted by atomic mass is 35.5. The fourth-order valence-corrected chi connectivity index (χ4v) is 1.58. The maximum absolute atomic E-state index is 12.5. The molecule has 8 heteroatoms. The number of hydrogen-bond acceptors (Lipinski definition) is 2. The molecule has 0 radical (unpaired) electrons. The molecule has 0 aliphatic heterocycles. The first kappa shape index (κ1) is 13.4. The molecule has 0 bridgehead atoms. The fraction of sp³-hybridized carbons (Fsp3) is 0.0909. The van der Waals surface area contributed by atoms with Crippen molar-refractivity contribution in [2.45, 2.75) is 6.18 Å². The Labute approximate surface area is 110 Å². The number of carbonyl (C=O) groups is 1. The monoisotopic (exact) mass is 290 g/mol. The molecule has 0 aliphatic carbocycles. The molecule has 1 heterocycles. The molecule has 0 aliphatic rings. The van der Waals surface area contributed by atoms with Crippen LogP contribution >= 0.6 is 11.6 Å². The summed E-state index contributed by atoms with van der Waals surface area (Å²) < 4.78 is 38.3. The quantitative estimate of drug-likeness (QED) is 0.924. The molecule has 100 valence electrons. The van der Waals surface area contributed by atoms with Crippen LogP contribution in [0.4, 0.5) is 13.2 Å². The minimum Gasteiger partial charge on any atom is -0.477 e. The fourth-order valence-electron chi connectivity index (χ4n) is 1.45. The normalized spacial score (nSPS) is 11.6. The van der Waals surface area contributed by atoms with Gasteiger partial charge in [-0.05, 0) is 24.3 Å². The maximum atomic E-state index is 12.5. The van der Waals surface area contributed by atoms with Gasteiger partial charge in [0.2, 0.25) is 0 Å². The Balaban J connectivity index is 2.58. The third-order valence-electron chi connectivity index (χ3n) is 2.29. The molecule has 1 aromatic carbocycles. The number of carboxylic acid groups (broad SMARTS) is 1. The van der Waals surface area contributed by atoms with Gasteiger partial charge in [0.25, 0.3) is 0 Å². The third-order valence-corrected chi connectivity index (χ3v) is 2.54. The van der Waals surface area contributed by atoms with Gasteiger partial charge in [0.05, 0.1) is 5.69 Å². The van der Waals surface area contributed by atoms with E-state index in [-0.39, 0.29) is 5.69 Å². The summed E-state index contributed by atoms with van der Waals surface area (Å²) in [6.07, 6.45) is -4.71. The van der Waals surface area contributed by atoms with Crippen LogP contribution in [0.2, 0.25) is 5.02 Å². The van der Waals surface area contributed by atoms with Gasteiger partial charge in [0.15, 0.2) is 11.4 Å². The van der Waals surface area contributed by atoms with Crippen LogP contribution in [0.3, 0.4) is 0 Å². The van der Waals surface area contributed by atoms with E-state index in [0.717, 1.165) is 0 Å². The van der Waals surface area contributed by atoms with Gasteiger partial charge in [0.1, 0.15) is 0 Å². The Bertz CT molecular complexity index is 620. The first-order valence-electron chi connectivity index (χ1n) is 4.95. The molecule has 0 atom stereocenters. The maximum Gasteiger partial charge on any atom is 0.435 e. The summed E-state index contributed by atoms with van der Waals surface area (Å²) in [7, 11) is 0. The van der Waals surface area contributed by atoms with Crippen molar-refractivity contribution in [3.63, 3.8) is 0 Å². The minimum absolute atomic E-state index is 0.178. The van der Waals surface area contributed by atoms with Gasteiger partial charge in [-0.25, -0.2) is 9.48 Å². The van der Waals surface area contributed by atoms with Crippen molar-refractivity contribution < 1.29 is 23.1 Å². The van der Waals surface area contributed by atoms with Gasteiger partial charge < -0.3 is 5.11 Å². The van der Waals surface area contributed by atoms with Gasteiger partial charge in [-0.3, -0.25) is 0 Å². The first-order valence-corrected chi connectivity index (χ1v) is 5.33. The van der Waals surface area contributed by atoms with E-state index in [4.69, 9.17) is 16.7 Å². The van der Waals surface area contributed by atoms with Crippen molar-refractivity contribution in [1.29, 1.82) is 0 Å². The molecular formula is C11H6ClF3N2O2. The number of aromatic carboxylic acids is 1. The standard InChI is InChI=1S/C11H6ClF3N2O2/c12-6-1-3-7(4-2-6)17-8(10(18)19)5-9(16-17)11(13,14)15/h1-5H,(H,18,19). The van der Waals surface area contributed by atoms with Gasteiger partial charge in [-0.1, -0.05) is 11.6 Å². The Morgan fingerprint density at radius 2 is 1.84 bits per heavy atom. The molecule has 0 unspecified atom stereocenters. The van der Waals surface area contributed by atoms with E-state index >= 15 is 0 Å². The molecule has 0 saturated heterocycles. The van der Waals surface area contributed by atoms with E-state index in [0.29, 0.717) is 15.8 Å². The summed E-state index contributed by atoms with van der Waals surface area (Å²) in [5.41, 5.74) is -1.66. The molecule has 19 heavy (non-hydrogen) atoms. The van der Waals surface area contributed by atoms with Crippen LogP contribution in [0, 0.1) is 0 Å². The smallest absolute Gasteiger partial charge is 0.435 e. The zero-order chi connectivity index (χ0) is 14.2. The summed E-state index contributed by atoms with van der Waals surface area (Å²) >= 11 is 5.65. The summed E-state index contributed by atoms with van der Waals surface area (Å²) in [6, 6.07) is 6.09. The van der Waals surface area contributed by atoms with Crippen LogP contribution in [0.25, 0.3) is 5.69 Å². The first-order chi connectivity index (χ1) is 8.79. The minimum atomic E-state index is -4.71. The van der Waals surface area contributed by atoms with E-state index in [1.807, 2.05) is 0 Å². The SMILES string of the molecule is O=C(O)c1cc(C(F)(F)F)nn1-c1ccc(Cl)cc1. The van der Waals surface area contributed by atoms with Crippen LogP contribution in [0.15, 0.2) is 30.3 Å². The molecular weight excluding hydrogens is 285 g/mol. The van der Waals surface area contributed by atoms with E-state index < -0.39 is 23.5 Å². The number of rotatable bonds is 2. The largest absolute Gasteiger partial charge is 0.477 e. The molecule has 0 saturated carbocycles. The van der Waals surface area contributed by atoms with Crippen LogP contribution in [-0.2, 0) is 6.18 Å². The lowest BCUT2D eigenvalue weighted by atomic mass is 10.3. The van der Waals surface area contributed by atoms with Crippen molar-refractivity contribution in [1.82, 2.24) is 9.78 Å². The molecule has 2 aromatic rings. The van der Waals surface area contributed by atoms with Crippen molar-refractivity contribution >= 4 is 17.6 Å². The Hall–Kier alpha value is -2.02. The predicted molar refractivity (Wildman–Crippen MR) is 60.5 cm³/mol. The van der Waals surface area contributed by atoms with Gasteiger partial charge in [0, 0.05) is 11.1 Å². The average Bonchev–Trinajstić information content (AvgIpc) is 2.74. The lowest BCUT2D eigenvalue weighted by Crippen LogP contribution is -2.09. The van der Waals surface area contributed by atoms with Crippen LogP contribution in [-0.4, -0.2) is 20.9 Å². The van der Waals surface area contributed by atoms with E-state index in [2.05, 4.69) is 5.10 Å². The second kappa shape index (κ2) is 4.58. The van der Waals surface area contributed by atoms with Crippen LogP contribution in [0.5, 0.6) is 0 Å². The number of carboxylic acids is 1. The Morgan fingerprint density at radius 1 is 1.26 bits per heavy atom. The third kappa shape index (κ3) is 2.70. The Morgan fingerprint density at radius 3 is 2.32 bits per heavy atom. The molecule has 0 amide bonds. The second-order valence-corrected chi connectivity index (χ2v) is 4.04. The molecule has 2 rings (SSSR count). The molecule has 0 spiro atoms. The van der Waals surface area contributed by atoms with Crippen molar-refractivity contribution in [2.24, 2.45) is 0 Å². The van der Waals surface area contributed by atoms with Crippen LogP contribution in [0.1, 0.15) is 16.2 Å². The van der Waals surface area contributed by atoms with Crippen LogP contribution < -0.4 is 0 Å². The lowest BCUT2D eigenvalue weighted by Gasteiger charge is -2.04. The van der Waals surface area contributed by atoms with E-state index in [1.165, 1.54) is 24.3 Å². The van der Waals surface area contributed by atoms with Gasteiger partial charge >= 0.3 is 12.1 Å². The number of alkyl halides is 3.